The molecule has 2 rings (SSSR count). The first kappa shape index (κ1) is 21.5. The quantitative estimate of drug-likeness (QED) is 0.753. The highest BCUT2D eigenvalue weighted by Gasteiger charge is 2.32. The number of ether oxygens (including phenoxy) is 1. The van der Waals surface area contributed by atoms with Gasteiger partial charge in [-0.1, -0.05) is 42.5 Å². The lowest BCUT2D eigenvalue weighted by molar-refractivity contribution is -0.274. The zero-order chi connectivity index (χ0) is 20.8. The molecule has 0 aromatic heterocycles. The van der Waals surface area contributed by atoms with Crippen LogP contribution in [0.25, 0.3) is 6.08 Å². The lowest BCUT2D eigenvalue weighted by Gasteiger charge is -2.16. The van der Waals surface area contributed by atoms with Crippen LogP contribution in [0.2, 0.25) is 0 Å². The van der Waals surface area contributed by atoms with Crippen molar-refractivity contribution in [2.75, 3.05) is 18.9 Å². The number of anilines is 1. The van der Waals surface area contributed by atoms with Gasteiger partial charge in [0, 0.05) is 12.5 Å². The molecule has 6 nitrogen and oxygen atoms in total. The fourth-order valence-electron chi connectivity index (χ4n) is 2.10. The van der Waals surface area contributed by atoms with Gasteiger partial charge < -0.3 is 10.1 Å². The molecule has 10 heteroatoms. The predicted molar refractivity (Wildman–Crippen MR) is 98.8 cm³/mol. The molecule has 0 bridgehead atoms. The Labute approximate surface area is 160 Å². The van der Waals surface area contributed by atoms with Gasteiger partial charge in [-0.2, -0.15) is 4.31 Å². The highest BCUT2D eigenvalue weighted by atomic mass is 32.2. The number of para-hydroxylation sites is 2. The van der Waals surface area contributed by atoms with E-state index in [1.54, 1.807) is 30.3 Å². The van der Waals surface area contributed by atoms with Crippen molar-refractivity contribution in [2.45, 2.75) is 6.36 Å². The summed E-state index contributed by atoms with van der Waals surface area (Å²) in [6.45, 7) is -0.595. The van der Waals surface area contributed by atoms with Gasteiger partial charge in [0.2, 0.25) is 15.9 Å². The number of carbonyl (C=O) groups is 1. The van der Waals surface area contributed by atoms with E-state index in [1.165, 1.54) is 31.3 Å². The number of halogens is 3. The minimum absolute atomic E-state index is 0.226. The van der Waals surface area contributed by atoms with Crippen molar-refractivity contribution in [1.82, 2.24) is 4.31 Å². The van der Waals surface area contributed by atoms with Gasteiger partial charge in [-0.15, -0.1) is 13.2 Å². The van der Waals surface area contributed by atoms with Crippen LogP contribution in [0.5, 0.6) is 5.75 Å². The highest BCUT2D eigenvalue weighted by molar-refractivity contribution is 7.92. The number of amides is 1. The molecule has 2 aromatic carbocycles. The Kier molecular flexibility index (Phi) is 6.81. The zero-order valence-electron chi connectivity index (χ0n) is 14.7. The van der Waals surface area contributed by atoms with Crippen LogP contribution in [0.15, 0.2) is 60.0 Å². The summed E-state index contributed by atoms with van der Waals surface area (Å²) in [5, 5.41) is 3.16. The second kappa shape index (κ2) is 8.89. The Morgan fingerprint density at radius 2 is 1.71 bits per heavy atom. The van der Waals surface area contributed by atoms with Gasteiger partial charge in [-0.25, -0.2) is 8.42 Å². The third-order valence-electron chi connectivity index (χ3n) is 3.42. The maximum Gasteiger partial charge on any atom is 0.573 e. The molecular weight excluding hydrogens is 397 g/mol. The first-order valence-electron chi connectivity index (χ1n) is 7.91. The third kappa shape index (κ3) is 6.71. The zero-order valence-corrected chi connectivity index (χ0v) is 15.5. The minimum atomic E-state index is -4.93. The van der Waals surface area contributed by atoms with E-state index in [2.05, 4.69) is 10.1 Å². The van der Waals surface area contributed by atoms with Crippen LogP contribution in [0.1, 0.15) is 5.56 Å². The van der Waals surface area contributed by atoms with Crippen LogP contribution in [0.3, 0.4) is 0 Å². The molecule has 28 heavy (non-hydrogen) atoms. The Morgan fingerprint density at radius 3 is 2.36 bits per heavy atom. The average molecular weight is 414 g/mol. The molecule has 0 aliphatic rings. The standard InChI is InChI=1S/C18H17F3N2O4S/c1-23(28(25,26)12-11-14-7-3-2-4-8-14)13-17(24)22-15-9-5-6-10-16(15)27-18(19,20)21/h2-12H,13H2,1H3,(H,22,24). The van der Waals surface area contributed by atoms with E-state index < -0.39 is 34.6 Å². The van der Waals surface area contributed by atoms with Crippen LogP contribution in [-0.4, -0.2) is 38.6 Å². The number of alkyl halides is 3. The van der Waals surface area contributed by atoms with Crippen LogP contribution in [0, 0.1) is 0 Å². The second-order valence-electron chi connectivity index (χ2n) is 5.61. The van der Waals surface area contributed by atoms with Crippen LogP contribution >= 0.6 is 0 Å². The van der Waals surface area contributed by atoms with Gasteiger partial charge in [-0.3, -0.25) is 4.79 Å². The van der Waals surface area contributed by atoms with Crippen LogP contribution < -0.4 is 10.1 Å². The molecule has 1 N–H and O–H groups in total. The van der Waals surface area contributed by atoms with Crippen molar-refractivity contribution in [1.29, 1.82) is 0 Å². The molecular formula is C18H17F3N2O4S. The molecule has 0 aliphatic heterocycles. The maximum absolute atomic E-state index is 12.4. The molecule has 150 valence electrons. The summed E-state index contributed by atoms with van der Waals surface area (Å²) in [6, 6.07) is 13.6. The lowest BCUT2D eigenvalue weighted by atomic mass is 10.2. The molecule has 0 saturated carbocycles. The number of benzene rings is 2. The summed E-state index contributed by atoms with van der Waals surface area (Å²) in [5.74, 6) is -1.42. The molecule has 0 radical (unpaired) electrons. The molecule has 0 heterocycles. The summed E-state index contributed by atoms with van der Waals surface area (Å²) >= 11 is 0. The Balaban J connectivity index is 2.04. The summed E-state index contributed by atoms with van der Waals surface area (Å²) in [7, 11) is -2.72. The van der Waals surface area contributed by atoms with Gasteiger partial charge >= 0.3 is 6.36 Å². The second-order valence-corrected chi connectivity index (χ2v) is 7.53. The molecule has 0 aliphatic carbocycles. The van der Waals surface area contributed by atoms with Gasteiger partial charge in [0.25, 0.3) is 0 Å². The van der Waals surface area contributed by atoms with E-state index in [0.717, 1.165) is 15.8 Å². The summed E-state index contributed by atoms with van der Waals surface area (Å²) in [6.07, 6.45) is -3.56. The van der Waals surface area contributed by atoms with Crippen LogP contribution in [-0.2, 0) is 14.8 Å². The fraction of sp³-hybridized carbons (Fsp3) is 0.167. The molecule has 0 saturated heterocycles. The Morgan fingerprint density at radius 1 is 1.11 bits per heavy atom. The predicted octanol–water partition coefficient (Wildman–Crippen LogP) is 3.46. The number of likely N-dealkylation sites (N-methyl/N-ethyl adjacent to an activating group) is 1. The van der Waals surface area contributed by atoms with E-state index in [-0.39, 0.29) is 5.69 Å². The number of nitrogens with zero attached hydrogens (tertiary/aromatic N) is 1. The number of sulfonamides is 1. The third-order valence-corrected chi connectivity index (χ3v) is 4.90. The SMILES string of the molecule is CN(CC(=O)Nc1ccccc1OC(F)(F)F)S(=O)(=O)C=Cc1ccccc1. The number of nitrogens with one attached hydrogen (secondary N) is 1. The first-order chi connectivity index (χ1) is 13.1. The number of hydrogen-bond donors (Lipinski definition) is 1. The largest absolute Gasteiger partial charge is 0.573 e. The Bertz CT molecular complexity index is 945. The smallest absolute Gasteiger partial charge is 0.404 e. The molecule has 0 unspecified atom stereocenters. The average Bonchev–Trinajstić information content (AvgIpc) is 2.61. The van der Waals surface area contributed by atoms with E-state index in [4.69, 9.17) is 0 Å². The van der Waals surface area contributed by atoms with Crippen molar-refractivity contribution in [3.05, 3.63) is 65.6 Å². The summed E-state index contributed by atoms with van der Waals surface area (Å²) < 4.78 is 66.3. The molecule has 0 atom stereocenters. The summed E-state index contributed by atoms with van der Waals surface area (Å²) in [5.41, 5.74) is 0.428. The number of hydrogen-bond acceptors (Lipinski definition) is 4. The van der Waals surface area contributed by atoms with E-state index in [0.29, 0.717) is 5.56 Å². The minimum Gasteiger partial charge on any atom is -0.404 e. The van der Waals surface area contributed by atoms with Gasteiger partial charge in [0.1, 0.15) is 0 Å². The van der Waals surface area contributed by atoms with Crippen molar-refractivity contribution < 1.29 is 31.1 Å². The topological polar surface area (TPSA) is 75.7 Å². The van der Waals surface area contributed by atoms with E-state index in [1.807, 2.05) is 0 Å². The maximum atomic E-state index is 12.4. The Hall–Kier alpha value is -2.85. The summed E-state index contributed by atoms with van der Waals surface area (Å²) in [4.78, 5) is 12.1. The lowest BCUT2D eigenvalue weighted by Crippen LogP contribution is -2.34. The van der Waals surface area contributed by atoms with Gasteiger partial charge in [-0.05, 0) is 23.8 Å². The van der Waals surface area contributed by atoms with Gasteiger partial charge in [0.05, 0.1) is 12.2 Å². The monoisotopic (exact) mass is 414 g/mol. The molecule has 1 amide bonds. The van der Waals surface area contributed by atoms with Crippen molar-refractivity contribution in [3.63, 3.8) is 0 Å². The number of rotatable bonds is 7. The van der Waals surface area contributed by atoms with Crippen molar-refractivity contribution in [3.8, 4) is 5.75 Å². The molecule has 0 spiro atoms. The first-order valence-corrected chi connectivity index (χ1v) is 9.41. The number of carbonyl (C=O) groups excluding carboxylic acids is 1. The van der Waals surface area contributed by atoms with E-state index in [9.17, 15) is 26.4 Å². The van der Waals surface area contributed by atoms with Gasteiger partial charge in [0.15, 0.2) is 5.75 Å². The molecule has 2 aromatic rings. The normalized spacial score (nSPS) is 12.3. The van der Waals surface area contributed by atoms with Crippen LogP contribution in [0.4, 0.5) is 18.9 Å². The molecule has 0 fully saturated rings. The fourth-order valence-corrected chi connectivity index (χ4v) is 2.93. The highest BCUT2D eigenvalue weighted by Crippen LogP contribution is 2.29. The van der Waals surface area contributed by atoms with Crippen molar-refractivity contribution in [2.24, 2.45) is 0 Å². The van der Waals surface area contributed by atoms with E-state index >= 15 is 0 Å². The van der Waals surface area contributed by atoms with Crippen molar-refractivity contribution >= 4 is 27.7 Å².